The minimum atomic E-state index is -5.95. The molecule has 29 heavy (non-hydrogen) atoms. The second-order valence-corrected chi connectivity index (χ2v) is 5.60. The lowest BCUT2D eigenvalue weighted by molar-refractivity contribution is -0.312. The van der Waals surface area contributed by atoms with Crippen LogP contribution in [0, 0.1) is 0 Å². The first-order valence-electron chi connectivity index (χ1n) is 7.75. The van der Waals surface area contributed by atoms with Crippen LogP contribution < -0.4 is 5.32 Å². The van der Waals surface area contributed by atoms with Gasteiger partial charge in [0.2, 0.25) is 0 Å². The number of amides is 1. The Morgan fingerprint density at radius 1 is 0.793 bits per heavy atom. The smallest absolute Gasteiger partial charge is 0.434 e. The summed E-state index contributed by atoms with van der Waals surface area (Å²) in [6.45, 7) is 0. The number of ketones is 1. The molecule has 0 aliphatic carbocycles. The second-order valence-electron chi connectivity index (χ2n) is 5.60. The maximum Gasteiger partial charge on any atom is 0.434 e. The maximum atomic E-state index is 12.4. The van der Waals surface area contributed by atoms with E-state index in [0.29, 0.717) is 5.56 Å². The molecule has 0 heterocycles. The van der Waals surface area contributed by atoms with Gasteiger partial charge in [0.15, 0.2) is 5.78 Å². The number of alkyl halides is 6. The molecule has 0 bridgehead atoms. The van der Waals surface area contributed by atoms with Gasteiger partial charge in [0.05, 0.1) is 0 Å². The van der Waals surface area contributed by atoms with Gasteiger partial charge in [-0.05, 0) is 12.1 Å². The third-order valence-corrected chi connectivity index (χ3v) is 3.42. The lowest BCUT2D eigenvalue weighted by Crippen LogP contribution is -2.47. The summed E-state index contributed by atoms with van der Waals surface area (Å²) in [5.41, 5.74) is 0.156. The number of ether oxygens (including phenoxy) is 1. The summed E-state index contributed by atoms with van der Waals surface area (Å²) >= 11 is 0. The Balaban J connectivity index is 2.13. The van der Waals surface area contributed by atoms with Gasteiger partial charge in [-0.3, -0.25) is 9.59 Å². The molecule has 5 nitrogen and oxygen atoms in total. The first kappa shape index (κ1) is 21.9. The van der Waals surface area contributed by atoms with Crippen LogP contribution in [0.3, 0.4) is 0 Å². The first-order chi connectivity index (χ1) is 13.4. The molecule has 0 atom stereocenters. The predicted octanol–water partition coefficient (Wildman–Crippen LogP) is 3.89. The van der Waals surface area contributed by atoms with Crippen molar-refractivity contribution >= 4 is 23.3 Å². The van der Waals surface area contributed by atoms with Crippen LogP contribution in [0.2, 0.25) is 0 Å². The van der Waals surface area contributed by atoms with Crippen molar-refractivity contribution < 1.29 is 45.5 Å². The molecule has 0 radical (unpaired) electrons. The van der Waals surface area contributed by atoms with Gasteiger partial charge in [-0.25, -0.2) is 4.79 Å². The number of esters is 1. The van der Waals surface area contributed by atoms with Crippen molar-refractivity contribution in [3.05, 3.63) is 65.7 Å². The molecule has 2 aromatic rings. The second kappa shape index (κ2) is 8.33. The van der Waals surface area contributed by atoms with Crippen LogP contribution in [-0.4, -0.2) is 36.1 Å². The lowest BCUT2D eigenvalue weighted by Gasteiger charge is -2.22. The molecule has 2 rings (SSSR count). The zero-order chi connectivity index (χ0) is 21.8. The maximum absolute atomic E-state index is 12.4. The molecule has 1 N–H and O–H groups in total. The minimum Gasteiger partial charge on any atom is -0.436 e. The third kappa shape index (κ3) is 5.80. The highest BCUT2D eigenvalue weighted by atomic mass is 19.4. The number of hydrogen-bond acceptors (Lipinski definition) is 4. The number of hydrogen-bond donors (Lipinski definition) is 1. The molecule has 0 saturated carbocycles. The summed E-state index contributed by atoms with van der Waals surface area (Å²) < 4.78 is 77.7. The molecule has 0 aliphatic rings. The van der Waals surface area contributed by atoms with Crippen molar-refractivity contribution in [2.75, 3.05) is 5.32 Å². The van der Waals surface area contributed by atoms with Crippen molar-refractivity contribution in [2.24, 2.45) is 0 Å². The zero-order valence-corrected chi connectivity index (χ0v) is 14.2. The van der Waals surface area contributed by atoms with Crippen LogP contribution in [0.25, 0.3) is 0 Å². The van der Waals surface area contributed by atoms with Crippen molar-refractivity contribution in [3.8, 4) is 0 Å². The van der Waals surface area contributed by atoms with Gasteiger partial charge in [0.25, 0.3) is 6.10 Å². The van der Waals surface area contributed by atoms with Gasteiger partial charge < -0.3 is 10.1 Å². The van der Waals surface area contributed by atoms with E-state index in [1.807, 2.05) is 0 Å². The van der Waals surface area contributed by atoms with E-state index in [1.54, 1.807) is 23.5 Å². The Morgan fingerprint density at radius 2 is 1.34 bits per heavy atom. The largest absolute Gasteiger partial charge is 0.436 e. The third-order valence-electron chi connectivity index (χ3n) is 3.42. The molecule has 1 amide bonds. The van der Waals surface area contributed by atoms with Gasteiger partial charge in [-0.15, -0.1) is 0 Å². The predicted molar refractivity (Wildman–Crippen MR) is 86.9 cm³/mol. The van der Waals surface area contributed by atoms with Crippen LogP contribution >= 0.6 is 0 Å². The Morgan fingerprint density at radius 3 is 1.90 bits per heavy atom. The normalized spacial score (nSPS) is 11.8. The van der Waals surface area contributed by atoms with E-state index in [2.05, 4.69) is 4.74 Å². The van der Waals surface area contributed by atoms with Crippen LogP contribution in [0.4, 0.5) is 32.0 Å². The topological polar surface area (TPSA) is 72.5 Å². The van der Waals surface area contributed by atoms with Gasteiger partial charge in [-0.2, -0.15) is 26.3 Å². The van der Waals surface area contributed by atoms with Crippen LogP contribution in [-0.2, 0) is 14.3 Å². The molecule has 11 heteroatoms. The Labute approximate surface area is 159 Å². The molecule has 0 unspecified atom stereocenters. The minimum absolute atomic E-state index is 0.0610. The van der Waals surface area contributed by atoms with E-state index in [0.717, 1.165) is 6.07 Å². The summed E-state index contributed by atoms with van der Waals surface area (Å²) in [5, 5.41) is 1.80. The number of carbonyl (C=O) groups excluding carboxylic acids is 3. The Kier molecular flexibility index (Phi) is 6.30. The van der Waals surface area contributed by atoms with Gasteiger partial charge in [-0.1, -0.05) is 42.5 Å². The zero-order valence-electron chi connectivity index (χ0n) is 14.2. The molecule has 0 aromatic heterocycles. The molecule has 0 aliphatic heterocycles. The van der Waals surface area contributed by atoms with Crippen LogP contribution in [0.15, 0.2) is 54.6 Å². The number of anilines is 1. The quantitative estimate of drug-likeness (QED) is 0.353. The SMILES string of the molecule is O=C(Nc1cccc(C(=O)c2ccccc2)c1)C(=O)OC(C(F)(F)F)C(F)(F)F. The average Bonchev–Trinajstić information content (AvgIpc) is 2.64. The van der Waals surface area contributed by atoms with Crippen molar-refractivity contribution in [2.45, 2.75) is 18.5 Å². The van der Waals surface area contributed by atoms with E-state index in [1.165, 1.54) is 30.3 Å². The van der Waals surface area contributed by atoms with Crippen LogP contribution in [0.5, 0.6) is 0 Å². The Bertz CT molecular complexity index is 895. The van der Waals surface area contributed by atoms with Gasteiger partial charge >= 0.3 is 24.2 Å². The van der Waals surface area contributed by atoms with E-state index in [-0.39, 0.29) is 11.3 Å². The number of rotatable bonds is 4. The van der Waals surface area contributed by atoms with Gasteiger partial charge in [0.1, 0.15) is 0 Å². The van der Waals surface area contributed by atoms with E-state index in [9.17, 15) is 40.7 Å². The number of benzene rings is 2. The number of nitrogens with one attached hydrogen (secondary N) is 1. The lowest BCUT2D eigenvalue weighted by atomic mass is 10.0. The molecular weight excluding hydrogens is 408 g/mol. The first-order valence-corrected chi connectivity index (χ1v) is 7.75. The molecule has 0 saturated heterocycles. The number of carbonyl (C=O) groups is 3. The summed E-state index contributed by atoms with van der Waals surface area (Å²) in [6, 6.07) is 12.9. The fraction of sp³-hybridized carbons (Fsp3) is 0.167. The van der Waals surface area contributed by atoms with E-state index < -0.39 is 36.1 Å². The van der Waals surface area contributed by atoms with Crippen molar-refractivity contribution in [1.82, 2.24) is 0 Å². The average molecular weight is 419 g/mol. The summed E-state index contributed by atoms with van der Waals surface area (Å²) in [7, 11) is 0. The van der Waals surface area contributed by atoms with E-state index >= 15 is 0 Å². The van der Waals surface area contributed by atoms with Crippen LogP contribution in [0.1, 0.15) is 15.9 Å². The summed E-state index contributed by atoms with van der Waals surface area (Å²) in [5.74, 6) is -4.71. The molecular formula is C18H11F6NO4. The molecule has 0 fully saturated rings. The molecule has 2 aromatic carbocycles. The fourth-order valence-corrected chi connectivity index (χ4v) is 2.16. The molecule has 154 valence electrons. The molecule has 0 spiro atoms. The summed E-state index contributed by atoms with van der Waals surface area (Å²) in [4.78, 5) is 35.4. The highest BCUT2D eigenvalue weighted by molar-refractivity contribution is 6.37. The number of halogens is 6. The van der Waals surface area contributed by atoms with Crippen molar-refractivity contribution in [1.29, 1.82) is 0 Å². The standard InChI is InChI=1S/C18H11F6NO4/c19-17(20,21)16(18(22,23)24)29-15(28)14(27)25-12-8-4-7-11(9-12)13(26)10-5-2-1-3-6-10/h1-9,16H,(H,25,27). The Hall–Kier alpha value is -3.37. The highest BCUT2D eigenvalue weighted by Gasteiger charge is 2.60. The summed E-state index contributed by atoms with van der Waals surface area (Å²) in [6.07, 6.45) is -16.3. The fourth-order valence-electron chi connectivity index (χ4n) is 2.16. The van der Waals surface area contributed by atoms with Crippen molar-refractivity contribution in [3.63, 3.8) is 0 Å². The monoisotopic (exact) mass is 419 g/mol. The van der Waals surface area contributed by atoms with E-state index in [4.69, 9.17) is 0 Å². The van der Waals surface area contributed by atoms with Gasteiger partial charge in [0, 0.05) is 16.8 Å². The highest BCUT2D eigenvalue weighted by Crippen LogP contribution is 2.35.